The molecule has 4 aliphatic rings. The number of ether oxygens (including phenoxy) is 4. The van der Waals surface area contributed by atoms with Crippen LogP contribution in [-0.4, -0.2) is 139 Å². The molecule has 0 aromatic heterocycles. The molecule has 0 radical (unpaired) electrons. The van der Waals surface area contributed by atoms with Crippen LogP contribution in [0, 0.1) is 0 Å². The maximum atomic E-state index is 12.9. The van der Waals surface area contributed by atoms with Gasteiger partial charge in [-0.1, -0.05) is 143 Å². The number of hydroxylamine groups is 8. The average Bonchev–Trinajstić information content (AvgIpc) is 0.885. The first-order valence-corrected chi connectivity index (χ1v) is 36.6. The van der Waals surface area contributed by atoms with Gasteiger partial charge in [-0.05, 0) is 137 Å². The number of unbranched alkanes of at least 4 members (excludes halogenated alkanes) is 19. The SMILES string of the molecule is CCCCCCCCCCON1C(C)(C)CC(OC(=O)CCC(=O)OC2CC(C)(C)N(OCC)C(C)(C)C2)CC1(C)C.CCCCCCCCCCON1C(C)(C)CC(OC(=O)CCC(=O)OC2CC(C)(C)N(OCCCCCCCC)C(C)(C)C2)CC1(C)C. The lowest BCUT2D eigenvalue weighted by Crippen LogP contribution is -2.62. The number of nitrogens with zero attached hydrogens (tertiary/aromatic N) is 4. The molecule has 4 aliphatic heterocycles. The lowest BCUT2D eigenvalue weighted by molar-refractivity contribution is -0.294. The number of hydrogen-bond donors (Lipinski definition) is 0. The first kappa shape index (κ1) is 81.8. The molecule has 0 aliphatic carbocycles. The Hall–Kier alpha value is -2.44. The van der Waals surface area contributed by atoms with Gasteiger partial charge in [-0.15, -0.1) is 0 Å². The van der Waals surface area contributed by atoms with E-state index in [0.717, 1.165) is 19.3 Å². The summed E-state index contributed by atoms with van der Waals surface area (Å²) in [5.41, 5.74) is -2.21. The average molecular weight is 1280 g/mol. The van der Waals surface area contributed by atoms with Crippen molar-refractivity contribution in [2.45, 2.75) is 426 Å². The van der Waals surface area contributed by atoms with E-state index in [1.807, 2.05) is 12.0 Å². The number of carbonyl (C=O) groups is 4. The quantitative estimate of drug-likeness (QED) is 0.0324. The topological polar surface area (TPSA) is 155 Å². The van der Waals surface area contributed by atoms with Crippen LogP contribution in [0.15, 0.2) is 0 Å². The Labute approximate surface area is 551 Å². The summed E-state index contributed by atoms with van der Waals surface area (Å²) < 4.78 is 23.6. The van der Waals surface area contributed by atoms with Crippen molar-refractivity contribution in [3.05, 3.63) is 0 Å². The Bertz CT molecular complexity index is 1980. The van der Waals surface area contributed by atoms with Crippen molar-refractivity contribution >= 4 is 23.9 Å². The van der Waals surface area contributed by atoms with Crippen molar-refractivity contribution in [2.75, 3.05) is 26.4 Å². The highest BCUT2D eigenvalue weighted by atomic mass is 16.7. The van der Waals surface area contributed by atoms with Gasteiger partial charge in [0.15, 0.2) is 0 Å². The van der Waals surface area contributed by atoms with Crippen molar-refractivity contribution in [3.63, 3.8) is 0 Å². The zero-order valence-corrected chi connectivity index (χ0v) is 61.9. The fourth-order valence-corrected chi connectivity index (χ4v) is 15.8. The summed E-state index contributed by atoms with van der Waals surface area (Å²) in [6, 6.07) is 0. The van der Waals surface area contributed by atoms with Crippen LogP contribution in [0.5, 0.6) is 0 Å². The van der Waals surface area contributed by atoms with E-state index < -0.39 is 0 Å². The second-order valence-electron chi connectivity index (χ2n) is 32.4. The van der Waals surface area contributed by atoms with Crippen LogP contribution in [0.4, 0.5) is 0 Å². The van der Waals surface area contributed by atoms with Gasteiger partial charge in [0.1, 0.15) is 24.4 Å². The largest absolute Gasteiger partial charge is 0.462 e. The molecule has 0 saturated carbocycles. The summed E-state index contributed by atoms with van der Waals surface area (Å²) in [7, 11) is 0. The van der Waals surface area contributed by atoms with Crippen molar-refractivity contribution in [1.29, 1.82) is 0 Å². The van der Waals surface area contributed by atoms with E-state index in [1.54, 1.807) is 0 Å². The van der Waals surface area contributed by atoms with Gasteiger partial charge in [0, 0.05) is 95.7 Å². The van der Waals surface area contributed by atoms with E-state index in [4.69, 9.17) is 38.3 Å². The second-order valence-corrected chi connectivity index (χ2v) is 32.4. The van der Waals surface area contributed by atoms with Crippen molar-refractivity contribution in [2.24, 2.45) is 0 Å². The van der Waals surface area contributed by atoms with Gasteiger partial charge >= 0.3 is 23.9 Å². The molecule has 0 atom stereocenters. The minimum Gasteiger partial charge on any atom is -0.462 e. The summed E-state index contributed by atoms with van der Waals surface area (Å²) in [6.45, 7) is 45.8. The summed E-state index contributed by atoms with van der Waals surface area (Å²) >= 11 is 0. The van der Waals surface area contributed by atoms with E-state index in [-0.39, 0.29) is 118 Å². The zero-order chi connectivity index (χ0) is 67.5. The minimum absolute atomic E-state index is 0.0265. The van der Waals surface area contributed by atoms with E-state index in [0.29, 0.717) is 77.8 Å². The highest BCUT2D eigenvalue weighted by Crippen LogP contribution is 2.44. The molecule has 0 unspecified atom stereocenters. The Balaban J connectivity index is 0.000000474. The smallest absolute Gasteiger partial charge is 0.306 e. The standard InChI is InChI=1S/C40H76N2O6.C34H64N2O6/c1-11-13-15-17-19-20-22-24-28-46-42-39(7,8)31-34(32-40(42,9)10)48-36(44)26-25-35(43)47-33-29-37(3,4)41(38(5,6)30-33)45-27-23-21-18-16-14-12-2;1-11-13-14-15-16-17-18-19-22-40-36-33(7,8)25-28(26-34(36,9)10)42-30(38)21-20-29(37)41-27-23-31(3,4)35(39-12-2)32(5,6)24-27/h33-34H,11-32H2,1-10H3;27-28H,11-26H2,1-10H3. The molecule has 4 heterocycles. The number of rotatable bonds is 40. The van der Waals surface area contributed by atoms with Gasteiger partial charge in [0.25, 0.3) is 0 Å². The molecule has 16 heteroatoms. The normalized spacial score (nSPS) is 21.9. The Morgan fingerprint density at radius 1 is 0.267 bits per heavy atom. The summed E-state index contributed by atoms with van der Waals surface area (Å²) in [6.07, 6.45) is 32.5. The molecule has 4 fully saturated rings. The molecule has 0 spiro atoms. The van der Waals surface area contributed by atoms with Crippen molar-refractivity contribution < 1.29 is 57.5 Å². The maximum absolute atomic E-state index is 12.9. The molecule has 0 amide bonds. The first-order valence-electron chi connectivity index (χ1n) is 36.6. The Kier molecular flexibility index (Phi) is 35.4. The van der Waals surface area contributed by atoms with Gasteiger partial charge in [0.05, 0.1) is 52.1 Å². The van der Waals surface area contributed by atoms with Gasteiger partial charge < -0.3 is 18.9 Å². The Morgan fingerprint density at radius 2 is 0.433 bits per heavy atom. The molecule has 0 aromatic rings. The fraction of sp³-hybridized carbons (Fsp3) is 0.946. The number of piperidine rings is 4. The van der Waals surface area contributed by atoms with Crippen LogP contribution in [-0.2, 0) is 57.5 Å². The molecule has 4 saturated heterocycles. The maximum Gasteiger partial charge on any atom is 0.306 e. The van der Waals surface area contributed by atoms with Crippen LogP contribution < -0.4 is 0 Å². The van der Waals surface area contributed by atoms with E-state index in [1.165, 1.54) is 122 Å². The molecule has 0 bridgehead atoms. The Morgan fingerprint density at radius 3 is 0.611 bits per heavy atom. The molecule has 528 valence electrons. The third-order valence-electron chi connectivity index (χ3n) is 18.9. The van der Waals surface area contributed by atoms with Gasteiger partial charge in [-0.25, -0.2) is 0 Å². The predicted molar refractivity (Wildman–Crippen MR) is 363 cm³/mol. The first-order chi connectivity index (χ1) is 42.1. The van der Waals surface area contributed by atoms with E-state index >= 15 is 0 Å². The summed E-state index contributed by atoms with van der Waals surface area (Å²) in [5, 5.41) is 8.43. The van der Waals surface area contributed by atoms with Crippen molar-refractivity contribution in [1.82, 2.24) is 20.3 Å². The van der Waals surface area contributed by atoms with Crippen LogP contribution in [0.25, 0.3) is 0 Å². The number of esters is 4. The molecule has 16 nitrogen and oxygen atoms in total. The monoisotopic (exact) mass is 1280 g/mol. The lowest BCUT2D eigenvalue weighted by Gasteiger charge is -2.53. The molecular weight excluding hydrogens is 1140 g/mol. The number of carbonyl (C=O) groups excluding carboxylic acids is 4. The van der Waals surface area contributed by atoms with Crippen LogP contribution in [0.3, 0.4) is 0 Å². The van der Waals surface area contributed by atoms with Crippen LogP contribution in [0.1, 0.15) is 357 Å². The third-order valence-corrected chi connectivity index (χ3v) is 18.9. The predicted octanol–water partition coefficient (Wildman–Crippen LogP) is 18.2. The molecule has 4 rings (SSSR count). The molecule has 90 heavy (non-hydrogen) atoms. The van der Waals surface area contributed by atoms with Gasteiger partial charge in [-0.3, -0.25) is 38.5 Å². The van der Waals surface area contributed by atoms with Crippen LogP contribution in [0.2, 0.25) is 0 Å². The van der Waals surface area contributed by atoms with Crippen molar-refractivity contribution in [3.8, 4) is 0 Å². The molecule has 0 aromatic carbocycles. The van der Waals surface area contributed by atoms with Gasteiger partial charge in [-0.2, -0.15) is 20.3 Å². The second kappa shape index (κ2) is 38.9. The van der Waals surface area contributed by atoms with Crippen LogP contribution >= 0.6 is 0 Å². The highest BCUT2D eigenvalue weighted by Gasteiger charge is 2.52. The summed E-state index contributed by atoms with van der Waals surface area (Å²) in [4.78, 5) is 76.3. The van der Waals surface area contributed by atoms with Gasteiger partial charge in [0.2, 0.25) is 0 Å². The highest BCUT2D eigenvalue weighted by molar-refractivity contribution is 5.78. The zero-order valence-electron chi connectivity index (χ0n) is 61.9. The van der Waals surface area contributed by atoms with E-state index in [2.05, 4.69) is 147 Å². The minimum atomic E-state index is -0.349. The lowest BCUT2D eigenvalue weighted by atomic mass is 9.80. The third kappa shape index (κ3) is 28.9. The van der Waals surface area contributed by atoms with E-state index in [9.17, 15) is 19.2 Å². The summed E-state index contributed by atoms with van der Waals surface area (Å²) in [5.74, 6) is -1.37. The number of hydrogen-bond acceptors (Lipinski definition) is 16. The fourth-order valence-electron chi connectivity index (χ4n) is 15.8. The molecular formula is C74H140N4O12. The molecule has 0 N–H and O–H groups in total.